The van der Waals surface area contributed by atoms with E-state index in [1.807, 2.05) is 65.4 Å². The summed E-state index contributed by atoms with van der Waals surface area (Å²) in [7, 11) is 0. The van der Waals surface area contributed by atoms with Crippen molar-refractivity contribution >= 4 is 50.6 Å². The molecule has 0 atom stereocenters. The minimum atomic E-state index is -0.230. The minimum Gasteiger partial charge on any atom is -0.316 e. The Balaban J connectivity index is 1.73. The molecule has 1 amide bonds. The second-order valence-electron chi connectivity index (χ2n) is 4.99. The predicted molar refractivity (Wildman–Crippen MR) is 108 cm³/mol. The third-order valence-electron chi connectivity index (χ3n) is 3.33. The lowest BCUT2D eigenvalue weighted by Crippen LogP contribution is -2.17. The molecule has 0 saturated carbocycles. The SMILES string of the molecule is O=C(N/N=C\c1cccn1-c1ccc(Br)cc1)c1cccc(I)c1. The molecule has 3 rings (SSSR count). The van der Waals surface area contributed by atoms with Gasteiger partial charge in [-0.25, -0.2) is 5.43 Å². The van der Waals surface area contributed by atoms with Gasteiger partial charge in [-0.15, -0.1) is 0 Å². The van der Waals surface area contributed by atoms with E-state index >= 15 is 0 Å². The first kappa shape index (κ1) is 16.9. The van der Waals surface area contributed by atoms with Crippen LogP contribution in [0.2, 0.25) is 0 Å². The van der Waals surface area contributed by atoms with Gasteiger partial charge in [-0.2, -0.15) is 5.10 Å². The number of amides is 1. The number of rotatable bonds is 4. The van der Waals surface area contributed by atoms with Gasteiger partial charge in [0.25, 0.3) is 5.91 Å². The van der Waals surface area contributed by atoms with Gasteiger partial charge in [0, 0.05) is 25.5 Å². The number of carbonyl (C=O) groups is 1. The van der Waals surface area contributed by atoms with Gasteiger partial charge < -0.3 is 4.57 Å². The Morgan fingerprint density at radius 2 is 1.92 bits per heavy atom. The van der Waals surface area contributed by atoms with Crippen LogP contribution in [0, 0.1) is 3.57 Å². The molecule has 1 aromatic heterocycles. The molecule has 1 heterocycles. The minimum absolute atomic E-state index is 0.230. The molecule has 0 aliphatic carbocycles. The molecule has 0 unspecified atom stereocenters. The smallest absolute Gasteiger partial charge is 0.271 e. The Labute approximate surface area is 161 Å². The summed E-state index contributed by atoms with van der Waals surface area (Å²) in [6.45, 7) is 0. The highest BCUT2D eigenvalue weighted by Gasteiger charge is 2.05. The van der Waals surface area contributed by atoms with Gasteiger partial charge in [-0.05, 0) is 77.2 Å². The fourth-order valence-corrected chi connectivity index (χ4v) is 2.99. The molecule has 0 bridgehead atoms. The van der Waals surface area contributed by atoms with E-state index in [4.69, 9.17) is 0 Å². The highest BCUT2D eigenvalue weighted by atomic mass is 127. The monoisotopic (exact) mass is 493 g/mol. The van der Waals surface area contributed by atoms with E-state index in [1.54, 1.807) is 12.3 Å². The average Bonchev–Trinajstić information content (AvgIpc) is 3.04. The van der Waals surface area contributed by atoms with E-state index in [2.05, 4.69) is 49.0 Å². The summed E-state index contributed by atoms with van der Waals surface area (Å²) >= 11 is 5.60. The highest BCUT2D eigenvalue weighted by molar-refractivity contribution is 14.1. The summed E-state index contributed by atoms with van der Waals surface area (Å²) in [6, 6.07) is 19.2. The molecule has 0 fully saturated rings. The molecule has 0 aliphatic rings. The molecule has 24 heavy (non-hydrogen) atoms. The maximum absolute atomic E-state index is 12.1. The van der Waals surface area contributed by atoms with Crippen molar-refractivity contribution < 1.29 is 4.79 Å². The van der Waals surface area contributed by atoms with Crippen LogP contribution in [-0.2, 0) is 0 Å². The van der Waals surface area contributed by atoms with E-state index in [0.29, 0.717) is 5.56 Å². The maximum Gasteiger partial charge on any atom is 0.271 e. The number of nitrogens with zero attached hydrogens (tertiary/aromatic N) is 2. The second-order valence-corrected chi connectivity index (χ2v) is 7.15. The molecule has 4 nitrogen and oxygen atoms in total. The molecule has 0 radical (unpaired) electrons. The Morgan fingerprint density at radius 3 is 2.67 bits per heavy atom. The van der Waals surface area contributed by atoms with Crippen molar-refractivity contribution in [3.05, 3.63) is 86.2 Å². The molecule has 3 aromatic rings. The zero-order chi connectivity index (χ0) is 16.9. The van der Waals surface area contributed by atoms with E-state index in [-0.39, 0.29) is 5.91 Å². The number of hydrazone groups is 1. The van der Waals surface area contributed by atoms with Crippen molar-refractivity contribution in [2.24, 2.45) is 5.10 Å². The Morgan fingerprint density at radius 1 is 1.12 bits per heavy atom. The van der Waals surface area contributed by atoms with Crippen molar-refractivity contribution in [2.75, 3.05) is 0 Å². The van der Waals surface area contributed by atoms with Gasteiger partial charge in [0.05, 0.1) is 11.9 Å². The van der Waals surface area contributed by atoms with Crippen LogP contribution in [0.25, 0.3) is 5.69 Å². The predicted octanol–water partition coefficient (Wildman–Crippen LogP) is 4.61. The molecule has 0 saturated heterocycles. The van der Waals surface area contributed by atoms with Gasteiger partial charge in [0.1, 0.15) is 0 Å². The summed E-state index contributed by atoms with van der Waals surface area (Å²) in [4.78, 5) is 12.1. The first-order chi connectivity index (χ1) is 11.6. The lowest BCUT2D eigenvalue weighted by atomic mass is 10.2. The summed E-state index contributed by atoms with van der Waals surface area (Å²) in [5.41, 5.74) is 5.04. The Kier molecular flexibility index (Phi) is 5.47. The lowest BCUT2D eigenvalue weighted by molar-refractivity contribution is 0.0955. The molecular formula is C18H13BrIN3O. The van der Waals surface area contributed by atoms with Gasteiger partial charge >= 0.3 is 0 Å². The molecule has 1 N–H and O–H groups in total. The number of halogens is 2. The zero-order valence-electron chi connectivity index (χ0n) is 12.5. The number of hydrogen-bond donors (Lipinski definition) is 1. The lowest BCUT2D eigenvalue weighted by Gasteiger charge is -2.06. The normalized spacial score (nSPS) is 10.9. The molecule has 6 heteroatoms. The number of carbonyl (C=O) groups excluding carboxylic acids is 1. The molecule has 2 aromatic carbocycles. The molecule has 0 spiro atoms. The Bertz CT molecular complexity index is 887. The first-order valence-electron chi connectivity index (χ1n) is 7.16. The summed E-state index contributed by atoms with van der Waals surface area (Å²) in [5.74, 6) is -0.230. The van der Waals surface area contributed by atoms with E-state index in [1.165, 1.54) is 0 Å². The number of nitrogens with one attached hydrogen (secondary N) is 1. The second kappa shape index (κ2) is 7.76. The number of benzene rings is 2. The van der Waals surface area contributed by atoms with Crippen LogP contribution in [0.1, 0.15) is 16.1 Å². The molecular weight excluding hydrogens is 481 g/mol. The van der Waals surface area contributed by atoms with Crippen LogP contribution in [-0.4, -0.2) is 16.7 Å². The summed E-state index contributed by atoms with van der Waals surface area (Å²) < 4.78 is 4.03. The Hall–Kier alpha value is -1.93. The average molecular weight is 494 g/mol. The third-order valence-corrected chi connectivity index (χ3v) is 4.53. The fourth-order valence-electron chi connectivity index (χ4n) is 2.19. The maximum atomic E-state index is 12.1. The van der Waals surface area contributed by atoms with Crippen molar-refractivity contribution in [3.8, 4) is 5.69 Å². The van der Waals surface area contributed by atoms with E-state index < -0.39 is 0 Å². The van der Waals surface area contributed by atoms with Gasteiger partial charge in [0.15, 0.2) is 0 Å². The zero-order valence-corrected chi connectivity index (χ0v) is 16.2. The van der Waals surface area contributed by atoms with Crippen molar-refractivity contribution in [1.29, 1.82) is 0 Å². The number of hydrogen-bond acceptors (Lipinski definition) is 2. The molecule has 0 aliphatic heterocycles. The quantitative estimate of drug-likeness (QED) is 0.322. The van der Waals surface area contributed by atoms with E-state index in [0.717, 1.165) is 19.4 Å². The number of aromatic nitrogens is 1. The molecule has 120 valence electrons. The van der Waals surface area contributed by atoms with Gasteiger partial charge in [-0.1, -0.05) is 22.0 Å². The van der Waals surface area contributed by atoms with Crippen molar-refractivity contribution in [3.63, 3.8) is 0 Å². The van der Waals surface area contributed by atoms with Gasteiger partial charge in [-0.3, -0.25) is 4.79 Å². The summed E-state index contributed by atoms with van der Waals surface area (Å²) in [5, 5.41) is 4.07. The van der Waals surface area contributed by atoms with Crippen LogP contribution < -0.4 is 5.43 Å². The topological polar surface area (TPSA) is 46.4 Å². The van der Waals surface area contributed by atoms with Crippen LogP contribution in [0.5, 0.6) is 0 Å². The third kappa shape index (κ3) is 4.12. The van der Waals surface area contributed by atoms with Crippen LogP contribution in [0.4, 0.5) is 0 Å². The van der Waals surface area contributed by atoms with Gasteiger partial charge in [0.2, 0.25) is 0 Å². The fraction of sp³-hybridized carbons (Fsp3) is 0. The standard InChI is InChI=1S/C18H13BrIN3O/c19-14-6-8-16(9-7-14)23-10-2-5-17(23)12-21-22-18(24)13-3-1-4-15(20)11-13/h1-12H,(H,22,24)/b21-12-. The van der Waals surface area contributed by atoms with Crippen molar-refractivity contribution in [1.82, 2.24) is 9.99 Å². The van der Waals surface area contributed by atoms with Crippen LogP contribution in [0.3, 0.4) is 0 Å². The highest BCUT2D eigenvalue weighted by Crippen LogP contribution is 2.16. The summed E-state index contributed by atoms with van der Waals surface area (Å²) in [6.07, 6.45) is 3.58. The first-order valence-corrected chi connectivity index (χ1v) is 9.03. The van der Waals surface area contributed by atoms with Crippen molar-refractivity contribution in [2.45, 2.75) is 0 Å². The van der Waals surface area contributed by atoms with E-state index in [9.17, 15) is 4.79 Å². The van der Waals surface area contributed by atoms with Crippen LogP contribution in [0.15, 0.2) is 76.4 Å². The largest absolute Gasteiger partial charge is 0.316 e. The van der Waals surface area contributed by atoms with Crippen LogP contribution >= 0.6 is 38.5 Å².